The number of hydrogen-bond donors (Lipinski definition) is 2. The fourth-order valence-electron chi connectivity index (χ4n) is 3.83. The summed E-state index contributed by atoms with van der Waals surface area (Å²) in [5.41, 5.74) is -2.66. The van der Waals surface area contributed by atoms with Crippen LogP contribution in [0.2, 0.25) is 0 Å². The highest BCUT2D eigenvalue weighted by molar-refractivity contribution is 9.12. The molecule has 1 aliphatic rings. The van der Waals surface area contributed by atoms with E-state index in [1.54, 1.807) is 13.0 Å². The van der Waals surface area contributed by atoms with Crippen LogP contribution >= 0.6 is 31.9 Å². The summed E-state index contributed by atoms with van der Waals surface area (Å²) in [4.78, 5) is 24.4. The van der Waals surface area contributed by atoms with Gasteiger partial charge in [-0.25, -0.2) is 0 Å². The summed E-state index contributed by atoms with van der Waals surface area (Å²) >= 11 is 6.39. The molecular weight excluding hydrogens is 691 g/mol. The van der Waals surface area contributed by atoms with E-state index in [0.717, 1.165) is 31.2 Å². The molecule has 0 saturated heterocycles. The van der Waals surface area contributed by atoms with E-state index in [1.807, 2.05) is 10.6 Å². The number of carbonyl (C=O) groups is 2. The fraction of sp³-hybridized carbons (Fsp3) is 0.440. The van der Waals surface area contributed by atoms with Crippen molar-refractivity contribution in [2.75, 3.05) is 6.54 Å². The molecule has 0 heterocycles. The molecule has 1 aromatic rings. The van der Waals surface area contributed by atoms with Crippen LogP contribution in [0.15, 0.2) is 45.4 Å². The Morgan fingerprint density at radius 2 is 1.68 bits per heavy atom. The third kappa shape index (κ3) is 9.67. The van der Waals surface area contributed by atoms with Crippen molar-refractivity contribution in [1.29, 1.82) is 0 Å². The normalized spacial score (nSPS) is 20.0. The Balaban J connectivity index is 2.30. The van der Waals surface area contributed by atoms with Gasteiger partial charge in [-0.05, 0) is 41.1 Å². The van der Waals surface area contributed by atoms with E-state index in [1.165, 1.54) is 6.08 Å². The number of allylic oxidation sites excluding steroid dienone is 5. The second-order valence-electron chi connectivity index (χ2n) is 9.03. The van der Waals surface area contributed by atoms with Crippen LogP contribution in [0, 0.1) is 17.8 Å². The van der Waals surface area contributed by atoms with Gasteiger partial charge in [-0.3, -0.25) is 9.59 Å². The molecule has 2 N–H and O–H groups in total. The molecule has 0 aliphatic heterocycles. The number of carbonyl (C=O) groups excluding carboxylic acids is 2. The smallest absolute Gasteiger partial charge is 0.354 e. The van der Waals surface area contributed by atoms with Gasteiger partial charge in [0, 0.05) is 16.9 Å². The minimum atomic E-state index is -5.10. The van der Waals surface area contributed by atoms with Gasteiger partial charge in [0.05, 0.1) is 23.5 Å². The molecule has 0 fully saturated rings. The number of hydrogen-bond acceptors (Lipinski definition) is 2. The van der Waals surface area contributed by atoms with Gasteiger partial charge in [-0.1, -0.05) is 63.1 Å². The molecule has 1 aromatic carbocycles. The van der Waals surface area contributed by atoms with Crippen LogP contribution in [0.5, 0.6) is 0 Å². The summed E-state index contributed by atoms with van der Waals surface area (Å²) < 4.78 is 121. The maximum Gasteiger partial charge on any atom is 0.417 e. The predicted molar refractivity (Wildman–Crippen MR) is 137 cm³/mol. The summed E-state index contributed by atoms with van der Waals surface area (Å²) in [5.74, 6) is -6.10. The van der Waals surface area contributed by atoms with Crippen molar-refractivity contribution in [1.82, 2.24) is 10.6 Å². The number of benzene rings is 1. The lowest BCUT2D eigenvalue weighted by Crippen LogP contribution is -2.45. The summed E-state index contributed by atoms with van der Waals surface area (Å²) in [6, 6.07) is 0.771. The molecule has 3 unspecified atom stereocenters. The van der Waals surface area contributed by atoms with Crippen molar-refractivity contribution in [3.8, 4) is 0 Å². The Hall–Kier alpha value is -2.29. The Bertz CT molecular complexity index is 1190. The molecule has 0 aromatic heterocycles. The molecule has 2 rings (SSSR count). The molecule has 4 nitrogen and oxygen atoms in total. The zero-order valence-corrected chi connectivity index (χ0v) is 23.9. The SMILES string of the molecule is CC1C(Br)=CC(Br)=CC1C(/C=C/c1ccc(C(=O)N[C@H](C)C(=O)NCCC(F)(F)F)c(C(F)(F)F)c1)C(F)(F)F. The molecule has 0 bridgehead atoms. The first-order chi connectivity index (χ1) is 18.2. The van der Waals surface area contributed by atoms with Crippen molar-refractivity contribution in [3.05, 3.63) is 62.1 Å². The number of halogens is 11. The third-order valence-corrected chi connectivity index (χ3v) is 7.42. The monoisotopic (exact) mass is 712 g/mol. The van der Waals surface area contributed by atoms with Crippen molar-refractivity contribution in [2.24, 2.45) is 17.8 Å². The molecule has 222 valence electrons. The van der Waals surface area contributed by atoms with Gasteiger partial charge < -0.3 is 10.6 Å². The molecule has 40 heavy (non-hydrogen) atoms. The van der Waals surface area contributed by atoms with Crippen LogP contribution in [-0.2, 0) is 11.0 Å². The zero-order chi connectivity index (χ0) is 30.6. The number of rotatable bonds is 8. The van der Waals surface area contributed by atoms with Crippen molar-refractivity contribution in [3.63, 3.8) is 0 Å². The predicted octanol–water partition coefficient (Wildman–Crippen LogP) is 7.91. The summed E-state index contributed by atoms with van der Waals surface area (Å²) in [6.45, 7) is 1.84. The highest BCUT2D eigenvalue weighted by Crippen LogP contribution is 2.45. The molecule has 15 heteroatoms. The Morgan fingerprint density at radius 1 is 1.05 bits per heavy atom. The van der Waals surface area contributed by atoms with Gasteiger partial charge >= 0.3 is 18.5 Å². The Labute approximate surface area is 240 Å². The first-order valence-electron chi connectivity index (χ1n) is 11.6. The first kappa shape index (κ1) is 33.9. The lowest BCUT2D eigenvalue weighted by atomic mass is 9.79. The summed E-state index contributed by atoms with van der Waals surface area (Å²) in [7, 11) is 0. The third-order valence-electron chi connectivity index (χ3n) is 5.97. The molecular formula is C25H23Br2F9N2O2. The average molecular weight is 714 g/mol. The Morgan fingerprint density at radius 3 is 2.23 bits per heavy atom. The first-order valence-corrected chi connectivity index (χ1v) is 13.1. The van der Waals surface area contributed by atoms with Crippen molar-refractivity contribution >= 4 is 49.8 Å². The van der Waals surface area contributed by atoms with Crippen LogP contribution < -0.4 is 10.6 Å². The molecule has 0 radical (unpaired) electrons. The number of amides is 2. The summed E-state index contributed by atoms with van der Waals surface area (Å²) in [6.07, 6.45) is -11.1. The van der Waals surface area contributed by atoms with E-state index < -0.39 is 78.2 Å². The lowest BCUT2D eigenvalue weighted by molar-refractivity contribution is -0.172. The van der Waals surface area contributed by atoms with E-state index in [0.29, 0.717) is 15.0 Å². The van der Waals surface area contributed by atoms with Crippen LogP contribution in [0.25, 0.3) is 6.08 Å². The van der Waals surface area contributed by atoms with Gasteiger partial charge in [0.2, 0.25) is 5.91 Å². The van der Waals surface area contributed by atoms with Crippen molar-refractivity contribution in [2.45, 2.75) is 44.8 Å². The highest BCUT2D eigenvalue weighted by atomic mass is 79.9. The quantitative estimate of drug-likeness (QED) is 0.269. The Kier molecular flexibility index (Phi) is 11.1. The lowest BCUT2D eigenvalue weighted by Gasteiger charge is -2.32. The van der Waals surface area contributed by atoms with Gasteiger partial charge in [0.25, 0.3) is 5.91 Å². The van der Waals surface area contributed by atoms with Crippen LogP contribution in [0.1, 0.15) is 41.8 Å². The van der Waals surface area contributed by atoms with E-state index in [9.17, 15) is 49.1 Å². The molecule has 2 amide bonds. The van der Waals surface area contributed by atoms with Gasteiger partial charge in [0.15, 0.2) is 0 Å². The van der Waals surface area contributed by atoms with Gasteiger partial charge in [0.1, 0.15) is 6.04 Å². The van der Waals surface area contributed by atoms with Crippen LogP contribution in [0.4, 0.5) is 39.5 Å². The van der Waals surface area contributed by atoms with Gasteiger partial charge in [-0.15, -0.1) is 0 Å². The minimum Gasteiger partial charge on any atom is -0.354 e. The number of nitrogens with one attached hydrogen (secondary N) is 2. The highest BCUT2D eigenvalue weighted by Gasteiger charge is 2.45. The van der Waals surface area contributed by atoms with Gasteiger partial charge in [-0.2, -0.15) is 39.5 Å². The maximum atomic E-state index is 13.9. The van der Waals surface area contributed by atoms with Crippen molar-refractivity contribution < 1.29 is 49.1 Å². The minimum absolute atomic E-state index is 0.266. The van der Waals surface area contributed by atoms with Crippen LogP contribution in [-0.4, -0.2) is 36.8 Å². The fourth-order valence-corrected chi connectivity index (χ4v) is 5.24. The molecule has 0 spiro atoms. The van der Waals surface area contributed by atoms with E-state index >= 15 is 0 Å². The van der Waals surface area contributed by atoms with E-state index in [2.05, 4.69) is 31.9 Å². The zero-order valence-electron chi connectivity index (χ0n) is 20.7. The van der Waals surface area contributed by atoms with E-state index in [-0.39, 0.29) is 5.56 Å². The summed E-state index contributed by atoms with van der Waals surface area (Å²) in [5, 5.41) is 3.90. The second kappa shape index (κ2) is 13.1. The topological polar surface area (TPSA) is 58.2 Å². The largest absolute Gasteiger partial charge is 0.417 e. The number of alkyl halides is 9. The van der Waals surface area contributed by atoms with Crippen LogP contribution in [0.3, 0.4) is 0 Å². The molecule has 0 saturated carbocycles. The molecule has 1 aliphatic carbocycles. The van der Waals surface area contributed by atoms with E-state index in [4.69, 9.17) is 0 Å². The average Bonchev–Trinajstić information content (AvgIpc) is 2.79. The molecule has 4 atom stereocenters. The standard InChI is InChI=1S/C25H23Br2F9N2O2/c1-12-17(10-15(26)11-20(12)27)18(24(31,32)33)6-4-14-3-5-16(19(9-14)25(34,35)36)22(40)38-13(2)21(39)37-8-7-23(28,29)30/h3-6,9-13,17-18H,7-8H2,1-2H3,(H,37,39)(H,38,40)/b6-4+/t12?,13-,17?,18?/m1/s1. The maximum absolute atomic E-state index is 13.9. The second-order valence-corrected chi connectivity index (χ2v) is 10.9.